The number of rotatable bonds is 6. The van der Waals surface area contributed by atoms with Gasteiger partial charge in [-0.15, -0.1) is 0 Å². The molecule has 154 valence electrons. The van der Waals surface area contributed by atoms with Crippen molar-refractivity contribution in [1.29, 1.82) is 0 Å². The number of likely N-dealkylation sites (tertiary alicyclic amines) is 1. The number of halogens is 3. The lowest BCUT2D eigenvalue weighted by Crippen LogP contribution is -2.36. The number of amides is 1. The van der Waals surface area contributed by atoms with Crippen LogP contribution in [0.15, 0.2) is 66.9 Å². The number of nitrogens with zero attached hydrogens (tertiary/aromatic N) is 2. The van der Waals surface area contributed by atoms with Gasteiger partial charge in [0.15, 0.2) is 17.7 Å². The van der Waals surface area contributed by atoms with Crippen LogP contribution in [0, 0.1) is 17.5 Å². The molecule has 0 N–H and O–H groups in total. The van der Waals surface area contributed by atoms with Gasteiger partial charge in [0.05, 0.1) is 6.04 Å². The summed E-state index contributed by atoms with van der Waals surface area (Å²) in [4.78, 5) is 18.4. The van der Waals surface area contributed by atoms with Crippen molar-refractivity contribution in [3.8, 4) is 5.88 Å². The highest BCUT2D eigenvalue weighted by Crippen LogP contribution is 2.40. The smallest absolute Gasteiger partial charge is 0.223 e. The van der Waals surface area contributed by atoms with Gasteiger partial charge in [0.25, 0.3) is 0 Å². The van der Waals surface area contributed by atoms with E-state index in [4.69, 9.17) is 4.74 Å². The van der Waals surface area contributed by atoms with Crippen LogP contribution in [0.2, 0.25) is 0 Å². The molecule has 0 unspecified atom stereocenters. The summed E-state index contributed by atoms with van der Waals surface area (Å²) >= 11 is 0. The summed E-state index contributed by atoms with van der Waals surface area (Å²) in [5.74, 6) is -2.23. The lowest BCUT2D eigenvalue weighted by molar-refractivity contribution is -0.132. The van der Waals surface area contributed by atoms with Crippen molar-refractivity contribution in [3.63, 3.8) is 0 Å². The van der Waals surface area contributed by atoms with Gasteiger partial charge in [-0.05, 0) is 47.9 Å². The van der Waals surface area contributed by atoms with Crippen LogP contribution >= 0.6 is 0 Å². The number of carbonyl (C=O) groups excluding carboxylic acids is 1. The molecule has 0 spiro atoms. The Morgan fingerprint density at radius 2 is 1.70 bits per heavy atom. The summed E-state index contributed by atoms with van der Waals surface area (Å²) in [5, 5.41) is 0. The molecule has 1 aliphatic heterocycles. The lowest BCUT2D eigenvalue weighted by Gasteiger charge is -2.35. The first kappa shape index (κ1) is 19.9. The maximum absolute atomic E-state index is 14.1. The molecule has 3 aromatic rings. The minimum Gasteiger partial charge on any atom is -0.467 e. The van der Waals surface area contributed by atoms with Gasteiger partial charge in [0, 0.05) is 25.2 Å². The molecule has 0 radical (unpaired) electrons. The number of ether oxygens (including phenoxy) is 1. The van der Waals surface area contributed by atoms with E-state index in [2.05, 4.69) is 4.98 Å². The Morgan fingerprint density at radius 3 is 2.33 bits per heavy atom. The summed E-state index contributed by atoms with van der Waals surface area (Å²) in [6, 6.07) is 13.7. The zero-order valence-corrected chi connectivity index (χ0v) is 16.0. The molecule has 4 nitrogen and oxygen atoms in total. The maximum Gasteiger partial charge on any atom is 0.223 e. The molecule has 0 saturated carbocycles. The first-order valence-corrected chi connectivity index (χ1v) is 9.60. The van der Waals surface area contributed by atoms with Crippen LogP contribution in [0.3, 0.4) is 0 Å². The summed E-state index contributed by atoms with van der Waals surface area (Å²) in [6.45, 7) is 0.479. The van der Waals surface area contributed by atoms with Crippen molar-refractivity contribution in [1.82, 2.24) is 9.88 Å². The molecule has 1 saturated heterocycles. The highest BCUT2D eigenvalue weighted by Gasteiger charge is 2.37. The maximum atomic E-state index is 14.1. The topological polar surface area (TPSA) is 42.4 Å². The highest BCUT2D eigenvalue weighted by atomic mass is 19.2. The van der Waals surface area contributed by atoms with Crippen LogP contribution in [0.1, 0.15) is 36.1 Å². The second-order valence-corrected chi connectivity index (χ2v) is 7.07. The van der Waals surface area contributed by atoms with Crippen molar-refractivity contribution in [2.24, 2.45) is 0 Å². The van der Waals surface area contributed by atoms with Gasteiger partial charge in [0.2, 0.25) is 11.8 Å². The highest BCUT2D eigenvalue weighted by molar-refractivity contribution is 5.78. The monoisotopic (exact) mass is 412 g/mol. The zero-order valence-electron chi connectivity index (χ0n) is 16.0. The van der Waals surface area contributed by atoms with E-state index in [1.54, 1.807) is 41.4 Å². The van der Waals surface area contributed by atoms with Crippen LogP contribution in [0.5, 0.6) is 5.88 Å². The summed E-state index contributed by atoms with van der Waals surface area (Å²) in [5.41, 5.74) is 0.964. The van der Waals surface area contributed by atoms with Crippen molar-refractivity contribution in [2.75, 3.05) is 6.54 Å². The summed E-state index contributed by atoms with van der Waals surface area (Å²) < 4.78 is 47.3. The zero-order chi connectivity index (χ0) is 21.1. The van der Waals surface area contributed by atoms with Crippen LogP contribution in [-0.2, 0) is 4.79 Å². The van der Waals surface area contributed by atoms with E-state index in [0.717, 1.165) is 12.1 Å². The van der Waals surface area contributed by atoms with E-state index in [1.807, 2.05) is 0 Å². The van der Waals surface area contributed by atoms with Crippen molar-refractivity contribution < 1.29 is 22.7 Å². The average molecular weight is 412 g/mol. The Balaban J connectivity index is 1.83. The Labute approximate surface area is 171 Å². The SMILES string of the molecule is O=C1CCCN1[C@@H](c1ccc(F)cc1)[C@H](Oc1ccccn1)c1ccc(F)c(F)c1. The molecule has 4 rings (SSSR count). The van der Waals surface area contributed by atoms with Gasteiger partial charge in [-0.1, -0.05) is 24.3 Å². The molecule has 2 heterocycles. The van der Waals surface area contributed by atoms with E-state index in [-0.39, 0.29) is 11.8 Å². The molecule has 0 aliphatic carbocycles. The van der Waals surface area contributed by atoms with Gasteiger partial charge < -0.3 is 9.64 Å². The standard InChI is InChI=1S/C23H19F3N2O2/c24-17-9-6-15(7-10-17)22(28-13-3-5-21(28)29)23(30-20-4-1-2-12-27-20)16-8-11-18(25)19(26)14-16/h1-2,4,6-12,14,22-23H,3,5,13H2/t22-,23+/m0/s1. The Morgan fingerprint density at radius 1 is 0.933 bits per heavy atom. The molecule has 1 fully saturated rings. The number of hydrogen-bond donors (Lipinski definition) is 0. The molecule has 2 atom stereocenters. The minimum atomic E-state index is -1.02. The Bertz CT molecular complexity index is 1030. The number of carbonyl (C=O) groups is 1. The van der Waals surface area contributed by atoms with E-state index < -0.39 is 29.6 Å². The number of benzene rings is 2. The van der Waals surface area contributed by atoms with Crippen LogP contribution in [-0.4, -0.2) is 22.3 Å². The average Bonchev–Trinajstić information content (AvgIpc) is 3.17. The molecule has 1 aromatic heterocycles. The fourth-order valence-electron chi connectivity index (χ4n) is 3.69. The van der Waals surface area contributed by atoms with Gasteiger partial charge in [-0.25, -0.2) is 18.2 Å². The third-order valence-electron chi connectivity index (χ3n) is 5.10. The fraction of sp³-hybridized carbons (Fsp3) is 0.217. The molecule has 7 heteroatoms. The molecule has 0 bridgehead atoms. The molecule has 1 amide bonds. The second-order valence-electron chi connectivity index (χ2n) is 7.07. The Kier molecular flexibility index (Phi) is 5.70. The minimum absolute atomic E-state index is 0.0819. The number of pyridine rings is 1. The van der Waals surface area contributed by atoms with E-state index in [9.17, 15) is 18.0 Å². The third kappa shape index (κ3) is 4.15. The van der Waals surface area contributed by atoms with Crippen LogP contribution in [0.4, 0.5) is 13.2 Å². The third-order valence-corrected chi connectivity index (χ3v) is 5.10. The van der Waals surface area contributed by atoms with Crippen LogP contribution in [0.25, 0.3) is 0 Å². The van der Waals surface area contributed by atoms with Crippen molar-refractivity contribution in [2.45, 2.75) is 25.0 Å². The number of hydrogen-bond acceptors (Lipinski definition) is 3. The molecular weight excluding hydrogens is 393 g/mol. The molecular formula is C23H19F3N2O2. The first-order valence-electron chi connectivity index (χ1n) is 9.60. The largest absolute Gasteiger partial charge is 0.467 e. The quantitative estimate of drug-likeness (QED) is 0.573. The number of aromatic nitrogens is 1. The first-order chi connectivity index (χ1) is 14.5. The molecule has 2 aromatic carbocycles. The van der Waals surface area contributed by atoms with Crippen molar-refractivity contribution in [3.05, 3.63) is 95.4 Å². The van der Waals surface area contributed by atoms with Crippen LogP contribution < -0.4 is 4.74 Å². The summed E-state index contributed by atoms with van der Waals surface area (Å²) in [7, 11) is 0. The Hall–Kier alpha value is -3.35. The predicted octanol–water partition coefficient (Wildman–Crippen LogP) is 4.98. The summed E-state index contributed by atoms with van der Waals surface area (Å²) in [6.07, 6.45) is 1.71. The van der Waals surface area contributed by atoms with Gasteiger partial charge >= 0.3 is 0 Å². The van der Waals surface area contributed by atoms with E-state index >= 15 is 0 Å². The predicted molar refractivity (Wildman–Crippen MR) is 104 cm³/mol. The van der Waals surface area contributed by atoms with Gasteiger partial charge in [0.1, 0.15) is 5.82 Å². The van der Waals surface area contributed by atoms with E-state index in [0.29, 0.717) is 30.5 Å². The van der Waals surface area contributed by atoms with Gasteiger partial charge in [-0.2, -0.15) is 0 Å². The molecule has 1 aliphatic rings. The van der Waals surface area contributed by atoms with E-state index in [1.165, 1.54) is 18.2 Å². The normalized spacial score (nSPS) is 15.8. The molecule has 30 heavy (non-hydrogen) atoms. The fourth-order valence-corrected chi connectivity index (χ4v) is 3.69. The van der Waals surface area contributed by atoms with Gasteiger partial charge in [-0.3, -0.25) is 4.79 Å². The lowest BCUT2D eigenvalue weighted by atomic mass is 9.94. The van der Waals surface area contributed by atoms with Crippen molar-refractivity contribution >= 4 is 5.91 Å². The second kappa shape index (κ2) is 8.57.